The number of benzene rings is 1. The van der Waals surface area contributed by atoms with Crippen LogP contribution < -0.4 is 0 Å². The predicted octanol–water partition coefficient (Wildman–Crippen LogP) is 7.03. The van der Waals surface area contributed by atoms with Crippen molar-refractivity contribution in [2.24, 2.45) is 5.92 Å². The van der Waals surface area contributed by atoms with Crippen LogP contribution in [0.3, 0.4) is 0 Å². The van der Waals surface area contributed by atoms with Crippen LogP contribution in [0.1, 0.15) is 106 Å². The van der Waals surface area contributed by atoms with E-state index in [1.165, 1.54) is 12.8 Å². The smallest absolute Gasteiger partial charge is 0.162 e. The number of nitrogens with zero attached hydrogens (tertiary/aromatic N) is 2. The number of rotatable bonds is 6. The highest BCUT2D eigenvalue weighted by Gasteiger charge is 2.30. The van der Waals surface area contributed by atoms with Gasteiger partial charge in [0.2, 0.25) is 0 Å². The number of hydrogen-bond donors (Lipinski definition) is 0. The minimum absolute atomic E-state index is 0.0763. The average Bonchev–Trinajstić information content (AvgIpc) is 2.82. The fraction of sp³-hybridized carbons (Fsp3) is 0.615. The molecule has 0 radical (unpaired) electrons. The van der Waals surface area contributed by atoms with Crippen molar-refractivity contribution in [3.05, 3.63) is 58.7 Å². The van der Waals surface area contributed by atoms with Gasteiger partial charge in [-0.25, -0.2) is 18.7 Å². The summed E-state index contributed by atoms with van der Waals surface area (Å²) < 4.78 is 36.1. The van der Waals surface area contributed by atoms with Crippen LogP contribution in [0.25, 0.3) is 0 Å². The zero-order valence-electron chi connectivity index (χ0n) is 18.7. The van der Waals surface area contributed by atoms with E-state index in [1.54, 1.807) is 6.07 Å². The summed E-state index contributed by atoms with van der Waals surface area (Å²) in [7, 11) is 0. The summed E-state index contributed by atoms with van der Waals surface area (Å²) in [5, 5.41) is 0. The van der Waals surface area contributed by atoms with E-state index in [2.05, 4.69) is 16.9 Å². The van der Waals surface area contributed by atoms with Crippen LogP contribution >= 0.6 is 0 Å². The van der Waals surface area contributed by atoms with Gasteiger partial charge in [0, 0.05) is 30.3 Å². The van der Waals surface area contributed by atoms with Crippen molar-refractivity contribution in [1.82, 2.24) is 9.97 Å². The molecule has 2 fully saturated rings. The van der Waals surface area contributed by atoms with Gasteiger partial charge in [-0.05, 0) is 61.5 Å². The minimum Gasteiger partial charge on any atom is -0.373 e. The number of aromatic nitrogens is 2. The first-order valence-electron chi connectivity index (χ1n) is 12.0. The highest BCUT2D eigenvalue weighted by atomic mass is 19.2. The number of hydrogen-bond acceptors (Lipinski definition) is 3. The second-order valence-electron chi connectivity index (χ2n) is 9.26. The fourth-order valence-electron chi connectivity index (χ4n) is 5.35. The van der Waals surface area contributed by atoms with E-state index >= 15 is 8.78 Å². The van der Waals surface area contributed by atoms with Gasteiger partial charge < -0.3 is 4.74 Å². The van der Waals surface area contributed by atoms with E-state index in [9.17, 15) is 0 Å². The fourth-order valence-corrected chi connectivity index (χ4v) is 5.35. The molecule has 0 amide bonds. The Hall–Kier alpha value is -1.88. The maximum absolute atomic E-state index is 15.1. The third-order valence-corrected chi connectivity index (χ3v) is 7.25. The number of halogens is 2. The molecular weight excluding hydrogens is 394 g/mol. The molecule has 2 heterocycles. The molecule has 1 aliphatic carbocycles. The van der Waals surface area contributed by atoms with Crippen molar-refractivity contribution >= 4 is 0 Å². The Morgan fingerprint density at radius 3 is 2.03 bits per heavy atom. The van der Waals surface area contributed by atoms with Crippen molar-refractivity contribution in [3.8, 4) is 0 Å². The van der Waals surface area contributed by atoms with Gasteiger partial charge in [-0.15, -0.1) is 0 Å². The lowest BCUT2D eigenvalue weighted by Gasteiger charge is -2.31. The van der Waals surface area contributed by atoms with Crippen LogP contribution in [0.15, 0.2) is 24.5 Å². The zero-order chi connectivity index (χ0) is 21.8. The first-order chi connectivity index (χ1) is 15.1. The Labute approximate surface area is 184 Å². The maximum atomic E-state index is 15.1. The maximum Gasteiger partial charge on any atom is 0.162 e. The minimum atomic E-state index is -0.670. The van der Waals surface area contributed by atoms with E-state index < -0.39 is 11.6 Å². The molecule has 2 aromatic rings. The highest BCUT2D eigenvalue weighted by molar-refractivity contribution is 5.32. The van der Waals surface area contributed by atoms with Crippen molar-refractivity contribution in [1.29, 1.82) is 0 Å². The van der Waals surface area contributed by atoms with Gasteiger partial charge in [-0.2, -0.15) is 0 Å². The summed E-state index contributed by atoms with van der Waals surface area (Å²) in [5.74, 6) is 0.293. The second kappa shape index (κ2) is 10.2. The normalized spacial score (nSPS) is 26.7. The molecule has 168 valence electrons. The molecule has 0 N–H and O–H groups in total. The van der Waals surface area contributed by atoms with Crippen molar-refractivity contribution in [2.75, 3.05) is 6.61 Å². The lowest BCUT2D eigenvalue weighted by atomic mass is 9.76. The molecule has 31 heavy (non-hydrogen) atoms. The SMILES string of the molecule is CCCC1CCC(c2ccc(C3CCC(c4cnc(CC)nc4)OC3)c(F)c2F)CC1. The standard InChI is InChI=1S/C26H34F2N2O/c1-3-5-17-6-8-18(9-7-17)21-11-12-22(26(28)25(21)27)19-10-13-23(31-16-19)20-14-29-24(4-2)30-15-20/h11-12,14-15,17-19,23H,3-10,13,16H2,1-2H3. The second-order valence-corrected chi connectivity index (χ2v) is 9.26. The summed E-state index contributed by atoms with van der Waals surface area (Å²) in [5.41, 5.74) is 1.98. The summed E-state index contributed by atoms with van der Waals surface area (Å²) in [6.07, 6.45) is 12.5. The first kappa shape index (κ1) is 22.3. The predicted molar refractivity (Wildman–Crippen MR) is 118 cm³/mol. The monoisotopic (exact) mass is 428 g/mol. The summed E-state index contributed by atoms with van der Waals surface area (Å²) in [6, 6.07) is 3.64. The van der Waals surface area contributed by atoms with E-state index in [0.717, 1.165) is 62.3 Å². The lowest BCUT2D eigenvalue weighted by molar-refractivity contribution is 0.00120. The summed E-state index contributed by atoms with van der Waals surface area (Å²) >= 11 is 0. The Bertz CT molecular complexity index is 854. The third-order valence-electron chi connectivity index (χ3n) is 7.25. The Morgan fingerprint density at radius 2 is 1.48 bits per heavy atom. The largest absolute Gasteiger partial charge is 0.373 e. The van der Waals surface area contributed by atoms with Gasteiger partial charge in [0.05, 0.1) is 12.7 Å². The molecule has 1 aromatic heterocycles. The quantitative estimate of drug-likeness (QED) is 0.495. The van der Waals surface area contributed by atoms with E-state index in [1.807, 2.05) is 25.4 Å². The van der Waals surface area contributed by atoms with Crippen LogP contribution in [0, 0.1) is 17.6 Å². The molecule has 1 saturated carbocycles. The van der Waals surface area contributed by atoms with Crippen molar-refractivity contribution in [3.63, 3.8) is 0 Å². The Balaban J connectivity index is 1.40. The average molecular weight is 429 g/mol. The van der Waals surface area contributed by atoms with Crippen LogP contribution in [0.2, 0.25) is 0 Å². The Kier molecular flexibility index (Phi) is 7.31. The molecule has 2 aliphatic rings. The number of ether oxygens (including phenoxy) is 1. The van der Waals surface area contributed by atoms with Crippen LogP contribution in [0.5, 0.6) is 0 Å². The van der Waals surface area contributed by atoms with Crippen LogP contribution in [-0.4, -0.2) is 16.6 Å². The molecule has 1 saturated heterocycles. The van der Waals surface area contributed by atoms with Crippen LogP contribution in [0.4, 0.5) is 8.78 Å². The molecule has 5 heteroatoms. The summed E-state index contributed by atoms with van der Waals surface area (Å²) in [4.78, 5) is 8.69. The molecule has 2 atom stereocenters. The molecule has 0 bridgehead atoms. The van der Waals surface area contributed by atoms with Gasteiger partial charge in [0.15, 0.2) is 11.6 Å². The molecule has 1 aromatic carbocycles. The highest BCUT2D eigenvalue weighted by Crippen LogP contribution is 2.41. The van der Waals surface area contributed by atoms with E-state index in [4.69, 9.17) is 4.74 Å². The zero-order valence-corrected chi connectivity index (χ0v) is 18.7. The van der Waals surface area contributed by atoms with Gasteiger partial charge in [0.1, 0.15) is 5.82 Å². The third kappa shape index (κ3) is 4.97. The first-order valence-corrected chi connectivity index (χ1v) is 12.0. The van der Waals surface area contributed by atoms with Gasteiger partial charge in [-0.3, -0.25) is 0 Å². The van der Waals surface area contributed by atoms with E-state index in [0.29, 0.717) is 17.7 Å². The lowest BCUT2D eigenvalue weighted by Crippen LogP contribution is -2.21. The number of aryl methyl sites for hydroxylation is 1. The van der Waals surface area contributed by atoms with Crippen molar-refractivity contribution < 1.29 is 13.5 Å². The molecule has 1 aliphatic heterocycles. The van der Waals surface area contributed by atoms with Crippen LogP contribution in [-0.2, 0) is 11.2 Å². The molecule has 2 unspecified atom stereocenters. The Morgan fingerprint density at radius 1 is 0.871 bits per heavy atom. The molecular formula is C26H34F2N2O. The van der Waals surface area contributed by atoms with Crippen molar-refractivity contribution in [2.45, 2.75) is 89.6 Å². The van der Waals surface area contributed by atoms with Gasteiger partial charge in [-0.1, -0.05) is 38.8 Å². The van der Waals surface area contributed by atoms with Gasteiger partial charge in [0.25, 0.3) is 0 Å². The van der Waals surface area contributed by atoms with Gasteiger partial charge >= 0.3 is 0 Å². The topological polar surface area (TPSA) is 35.0 Å². The van der Waals surface area contributed by atoms with E-state index in [-0.39, 0.29) is 17.9 Å². The molecule has 3 nitrogen and oxygen atoms in total. The molecule has 0 spiro atoms. The summed E-state index contributed by atoms with van der Waals surface area (Å²) in [6.45, 7) is 4.62. The molecule has 4 rings (SSSR count).